The summed E-state index contributed by atoms with van der Waals surface area (Å²) in [6.07, 6.45) is 0. The van der Waals surface area contributed by atoms with Crippen molar-refractivity contribution in [3.05, 3.63) is 64.1 Å². The standard InChI is InChI=1S/C21H28FN5O2/c1-14(23-13-16-5-7-17(22)8-6-16)18-19(28)21(29)27-12-11-26(10-9-25(3)4)15(2)20(27)24-18/h5-8,15,23,28H,1,9-13H2,2-4H3. The van der Waals surface area contributed by atoms with Crippen LogP contribution in [0, 0.1) is 5.82 Å². The lowest BCUT2D eigenvalue weighted by molar-refractivity contribution is 0.146. The maximum absolute atomic E-state index is 13.1. The fourth-order valence-electron chi connectivity index (χ4n) is 3.42. The molecule has 0 radical (unpaired) electrons. The number of halogens is 1. The fraction of sp³-hybridized carbons (Fsp3) is 0.429. The summed E-state index contributed by atoms with van der Waals surface area (Å²) in [7, 11) is 4.05. The molecule has 2 heterocycles. The van der Waals surface area contributed by atoms with Crippen molar-refractivity contribution in [1.82, 2.24) is 24.7 Å². The molecule has 156 valence electrons. The molecule has 0 amide bonds. The Balaban J connectivity index is 1.81. The molecule has 0 aliphatic carbocycles. The second-order valence-electron chi connectivity index (χ2n) is 7.60. The van der Waals surface area contributed by atoms with Crippen molar-refractivity contribution in [3.63, 3.8) is 0 Å². The Morgan fingerprint density at radius 1 is 1.34 bits per heavy atom. The molecular weight excluding hydrogens is 373 g/mol. The SMILES string of the molecule is C=C(NCc1ccc(F)cc1)c1nc2n(c(=O)c1O)CCN(CCN(C)C)C2C. The molecule has 29 heavy (non-hydrogen) atoms. The number of nitrogens with one attached hydrogen (secondary N) is 1. The lowest BCUT2D eigenvalue weighted by Gasteiger charge is -2.35. The second-order valence-corrected chi connectivity index (χ2v) is 7.60. The summed E-state index contributed by atoms with van der Waals surface area (Å²) in [4.78, 5) is 21.7. The van der Waals surface area contributed by atoms with Crippen LogP contribution in [0.3, 0.4) is 0 Å². The van der Waals surface area contributed by atoms with Gasteiger partial charge in [-0.25, -0.2) is 9.37 Å². The summed E-state index contributed by atoms with van der Waals surface area (Å²) in [6.45, 7) is 9.32. The van der Waals surface area contributed by atoms with E-state index in [9.17, 15) is 14.3 Å². The number of aromatic hydroxyl groups is 1. The lowest BCUT2D eigenvalue weighted by Crippen LogP contribution is -2.44. The average molecular weight is 401 g/mol. The molecule has 1 aliphatic rings. The summed E-state index contributed by atoms with van der Waals surface area (Å²) < 4.78 is 14.6. The van der Waals surface area contributed by atoms with Gasteiger partial charge in [-0.15, -0.1) is 0 Å². The van der Waals surface area contributed by atoms with E-state index in [1.165, 1.54) is 12.1 Å². The summed E-state index contributed by atoms with van der Waals surface area (Å²) in [5.41, 5.74) is 0.911. The zero-order chi connectivity index (χ0) is 21.1. The first-order valence-electron chi connectivity index (χ1n) is 9.68. The zero-order valence-corrected chi connectivity index (χ0v) is 17.2. The number of benzene rings is 1. The largest absolute Gasteiger partial charge is 0.501 e. The Bertz CT molecular complexity index is 939. The molecule has 0 fully saturated rings. The fourth-order valence-corrected chi connectivity index (χ4v) is 3.42. The Kier molecular flexibility index (Phi) is 6.34. The van der Waals surface area contributed by atoms with Crippen LogP contribution in [0.1, 0.15) is 30.0 Å². The van der Waals surface area contributed by atoms with E-state index in [0.717, 1.165) is 25.2 Å². The van der Waals surface area contributed by atoms with Gasteiger partial charge in [-0.05, 0) is 38.7 Å². The first kappa shape index (κ1) is 21.0. The highest BCUT2D eigenvalue weighted by Gasteiger charge is 2.28. The van der Waals surface area contributed by atoms with Gasteiger partial charge in [0.05, 0.1) is 11.7 Å². The van der Waals surface area contributed by atoms with Gasteiger partial charge in [-0.1, -0.05) is 18.7 Å². The minimum Gasteiger partial charge on any atom is -0.501 e. The van der Waals surface area contributed by atoms with Crippen molar-refractivity contribution in [2.45, 2.75) is 26.1 Å². The number of hydrogen-bond acceptors (Lipinski definition) is 6. The van der Waals surface area contributed by atoms with Crippen LogP contribution in [0.15, 0.2) is 35.6 Å². The van der Waals surface area contributed by atoms with E-state index in [1.54, 1.807) is 16.7 Å². The molecule has 1 unspecified atom stereocenters. The summed E-state index contributed by atoms with van der Waals surface area (Å²) >= 11 is 0. The van der Waals surface area contributed by atoms with Gasteiger partial charge in [0, 0.05) is 32.7 Å². The average Bonchev–Trinajstić information content (AvgIpc) is 2.69. The predicted molar refractivity (Wildman–Crippen MR) is 111 cm³/mol. The molecule has 0 saturated heterocycles. The van der Waals surface area contributed by atoms with E-state index < -0.39 is 11.3 Å². The monoisotopic (exact) mass is 401 g/mol. The summed E-state index contributed by atoms with van der Waals surface area (Å²) in [5, 5.41) is 13.5. The van der Waals surface area contributed by atoms with Crippen LogP contribution in [0.4, 0.5) is 4.39 Å². The molecule has 0 saturated carbocycles. The number of hydrogen-bond donors (Lipinski definition) is 2. The highest BCUT2D eigenvalue weighted by molar-refractivity contribution is 5.63. The normalized spacial score (nSPS) is 16.7. The molecule has 1 aromatic carbocycles. The van der Waals surface area contributed by atoms with Gasteiger partial charge in [0.15, 0.2) is 0 Å². The minimum absolute atomic E-state index is 0.0550. The highest BCUT2D eigenvalue weighted by atomic mass is 19.1. The molecule has 1 aliphatic heterocycles. The van der Waals surface area contributed by atoms with Gasteiger partial charge in [-0.3, -0.25) is 14.3 Å². The van der Waals surface area contributed by atoms with Crippen molar-refractivity contribution in [2.75, 3.05) is 33.7 Å². The number of rotatable bonds is 7. The molecule has 2 N–H and O–H groups in total. The molecule has 8 heteroatoms. The van der Waals surface area contributed by atoms with Crippen LogP contribution in [0.25, 0.3) is 5.70 Å². The maximum Gasteiger partial charge on any atom is 0.296 e. The van der Waals surface area contributed by atoms with Crippen LogP contribution < -0.4 is 10.9 Å². The molecule has 1 atom stereocenters. The van der Waals surface area contributed by atoms with Crippen molar-refractivity contribution in [2.24, 2.45) is 0 Å². The first-order chi connectivity index (χ1) is 13.8. The number of likely N-dealkylation sites (N-methyl/N-ethyl adjacent to an activating group) is 1. The van der Waals surface area contributed by atoms with Crippen molar-refractivity contribution < 1.29 is 9.50 Å². The van der Waals surface area contributed by atoms with Crippen molar-refractivity contribution >= 4 is 5.70 Å². The number of aromatic nitrogens is 2. The van der Waals surface area contributed by atoms with Crippen LogP contribution in [0.5, 0.6) is 5.75 Å². The Morgan fingerprint density at radius 3 is 2.69 bits per heavy atom. The van der Waals surface area contributed by atoms with Crippen molar-refractivity contribution in [1.29, 1.82) is 0 Å². The lowest BCUT2D eigenvalue weighted by atomic mass is 10.1. The van der Waals surface area contributed by atoms with E-state index >= 15 is 0 Å². The van der Waals surface area contributed by atoms with Gasteiger partial charge >= 0.3 is 0 Å². The molecule has 2 aromatic rings. The van der Waals surface area contributed by atoms with E-state index in [2.05, 4.69) is 26.7 Å². The van der Waals surface area contributed by atoms with Gasteiger partial charge in [0.2, 0.25) is 5.75 Å². The van der Waals surface area contributed by atoms with E-state index in [0.29, 0.717) is 24.6 Å². The van der Waals surface area contributed by atoms with Crippen LogP contribution in [-0.4, -0.2) is 58.2 Å². The summed E-state index contributed by atoms with van der Waals surface area (Å²) in [6, 6.07) is 6.03. The molecule has 7 nitrogen and oxygen atoms in total. The molecule has 0 spiro atoms. The third-order valence-electron chi connectivity index (χ3n) is 5.25. The first-order valence-corrected chi connectivity index (χ1v) is 9.68. The predicted octanol–water partition coefficient (Wildman–Crippen LogP) is 1.79. The third-order valence-corrected chi connectivity index (χ3v) is 5.25. The zero-order valence-electron chi connectivity index (χ0n) is 17.2. The Morgan fingerprint density at radius 2 is 2.03 bits per heavy atom. The Hall–Kier alpha value is -2.71. The quantitative estimate of drug-likeness (QED) is 0.737. The van der Waals surface area contributed by atoms with E-state index in [1.807, 2.05) is 21.0 Å². The molecule has 1 aromatic heterocycles. The van der Waals surface area contributed by atoms with Crippen molar-refractivity contribution in [3.8, 4) is 5.75 Å². The highest BCUT2D eigenvalue weighted by Crippen LogP contribution is 2.26. The van der Waals surface area contributed by atoms with Gasteiger partial charge in [-0.2, -0.15) is 0 Å². The minimum atomic E-state index is -0.450. The van der Waals surface area contributed by atoms with Gasteiger partial charge in [0.1, 0.15) is 17.3 Å². The smallest absolute Gasteiger partial charge is 0.296 e. The topological polar surface area (TPSA) is 73.6 Å². The second kappa shape index (κ2) is 8.75. The Labute approximate surface area is 170 Å². The third kappa shape index (κ3) is 4.65. The van der Waals surface area contributed by atoms with Gasteiger partial charge < -0.3 is 15.3 Å². The molecular formula is C21H28FN5O2. The molecule has 0 bridgehead atoms. The number of nitrogens with zero attached hydrogens (tertiary/aromatic N) is 4. The van der Waals surface area contributed by atoms with Crippen LogP contribution in [-0.2, 0) is 13.1 Å². The summed E-state index contributed by atoms with van der Waals surface area (Å²) in [5.74, 6) is -0.0840. The maximum atomic E-state index is 13.1. The van der Waals surface area contributed by atoms with E-state index in [-0.39, 0.29) is 17.6 Å². The molecule has 3 rings (SSSR count). The van der Waals surface area contributed by atoms with Crippen LogP contribution >= 0.6 is 0 Å². The van der Waals surface area contributed by atoms with E-state index in [4.69, 9.17) is 0 Å². The number of fused-ring (bicyclic) bond motifs is 1. The van der Waals surface area contributed by atoms with Crippen LogP contribution in [0.2, 0.25) is 0 Å². The van der Waals surface area contributed by atoms with Gasteiger partial charge in [0.25, 0.3) is 5.56 Å².